The Kier molecular flexibility index (Phi) is 5.57. The number of amides is 1. The maximum absolute atomic E-state index is 12.4. The molecule has 23 heavy (non-hydrogen) atoms. The van der Waals surface area contributed by atoms with Crippen molar-refractivity contribution in [2.75, 3.05) is 59.0 Å². The molecule has 1 N–H and O–H groups in total. The molecule has 132 valence electrons. The number of hydrogen-bond acceptors (Lipinski definition) is 5. The minimum Gasteiger partial charge on any atom is -0.387 e. The first-order valence-corrected chi connectivity index (χ1v) is 9.17. The molecular formula is C17H31N3O3. The van der Waals surface area contributed by atoms with Crippen LogP contribution >= 0.6 is 0 Å². The Balaban J connectivity index is 1.46. The number of hydrogen-bond donors (Lipinski definition) is 1. The maximum Gasteiger partial charge on any atom is 0.251 e. The smallest absolute Gasteiger partial charge is 0.251 e. The summed E-state index contributed by atoms with van der Waals surface area (Å²) < 4.78 is 5.51. The number of carbonyl (C=O) groups is 1. The van der Waals surface area contributed by atoms with E-state index < -0.39 is 5.60 Å². The first-order valence-electron chi connectivity index (χ1n) is 9.17. The van der Waals surface area contributed by atoms with Crippen LogP contribution in [0.5, 0.6) is 0 Å². The minimum atomic E-state index is -0.588. The van der Waals surface area contributed by atoms with Gasteiger partial charge in [-0.1, -0.05) is 6.92 Å². The molecule has 0 aromatic heterocycles. The second-order valence-corrected chi connectivity index (χ2v) is 7.30. The lowest BCUT2D eigenvalue weighted by molar-refractivity contribution is -0.143. The van der Waals surface area contributed by atoms with Crippen molar-refractivity contribution >= 4 is 5.91 Å². The van der Waals surface area contributed by atoms with Gasteiger partial charge in [-0.05, 0) is 38.8 Å². The number of ether oxygens (including phenoxy) is 1. The van der Waals surface area contributed by atoms with Gasteiger partial charge in [0.25, 0.3) is 5.91 Å². The van der Waals surface area contributed by atoms with Gasteiger partial charge in [-0.2, -0.15) is 0 Å². The Morgan fingerprint density at radius 1 is 1.17 bits per heavy atom. The summed E-state index contributed by atoms with van der Waals surface area (Å²) in [5.41, 5.74) is -0.588. The third-order valence-electron chi connectivity index (χ3n) is 5.49. The van der Waals surface area contributed by atoms with Crippen LogP contribution in [0.1, 0.15) is 32.6 Å². The second kappa shape index (κ2) is 7.47. The number of aliphatic hydroxyl groups is 1. The summed E-state index contributed by atoms with van der Waals surface area (Å²) in [4.78, 5) is 19.0. The second-order valence-electron chi connectivity index (χ2n) is 7.30. The van der Waals surface area contributed by atoms with Crippen LogP contribution in [0.15, 0.2) is 0 Å². The Morgan fingerprint density at radius 2 is 1.96 bits per heavy atom. The van der Waals surface area contributed by atoms with E-state index in [1.165, 1.54) is 0 Å². The molecule has 3 fully saturated rings. The largest absolute Gasteiger partial charge is 0.387 e. The first-order chi connectivity index (χ1) is 11.1. The highest BCUT2D eigenvalue weighted by molar-refractivity contribution is 5.81. The molecule has 0 saturated carbocycles. The molecule has 0 radical (unpaired) electrons. The zero-order valence-corrected chi connectivity index (χ0v) is 14.4. The van der Waals surface area contributed by atoms with Crippen LogP contribution in [0, 0.1) is 0 Å². The van der Waals surface area contributed by atoms with E-state index in [4.69, 9.17) is 4.74 Å². The molecule has 1 amide bonds. The average Bonchev–Trinajstić information content (AvgIpc) is 3.09. The number of piperidine rings is 1. The summed E-state index contributed by atoms with van der Waals surface area (Å²) in [7, 11) is 0. The van der Waals surface area contributed by atoms with Crippen molar-refractivity contribution in [1.29, 1.82) is 0 Å². The van der Waals surface area contributed by atoms with Crippen LogP contribution in [-0.2, 0) is 9.53 Å². The zero-order valence-electron chi connectivity index (χ0n) is 14.4. The Bertz CT molecular complexity index is 406. The predicted molar refractivity (Wildman–Crippen MR) is 88.3 cm³/mol. The van der Waals surface area contributed by atoms with Gasteiger partial charge in [0.1, 0.15) is 6.10 Å². The van der Waals surface area contributed by atoms with Gasteiger partial charge in [0.2, 0.25) is 0 Å². The Hall–Kier alpha value is -0.690. The van der Waals surface area contributed by atoms with Crippen LogP contribution < -0.4 is 0 Å². The standard InChI is InChI=1S/C17H31N3O3/c1-2-18-7-4-6-17(22,13-18)14-19-8-10-20(11-9-19)16(21)15-5-3-12-23-15/h15,22H,2-14H2,1H3/t15-,17+/m1/s1. The third kappa shape index (κ3) is 4.24. The van der Waals surface area contributed by atoms with Gasteiger partial charge in [-0.25, -0.2) is 0 Å². The number of likely N-dealkylation sites (N-methyl/N-ethyl adjacent to an activating group) is 1. The molecule has 0 aliphatic carbocycles. The van der Waals surface area contributed by atoms with E-state index in [1.54, 1.807) is 0 Å². The van der Waals surface area contributed by atoms with Gasteiger partial charge in [0, 0.05) is 45.9 Å². The van der Waals surface area contributed by atoms with Crippen molar-refractivity contribution in [3.63, 3.8) is 0 Å². The van der Waals surface area contributed by atoms with Gasteiger partial charge in [-0.15, -0.1) is 0 Å². The van der Waals surface area contributed by atoms with Gasteiger partial charge in [-0.3, -0.25) is 9.69 Å². The van der Waals surface area contributed by atoms with E-state index in [0.717, 1.165) is 84.6 Å². The summed E-state index contributed by atoms with van der Waals surface area (Å²) in [5, 5.41) is 10.9. The van der Waals surface area contributed by atoms with E-state index in [0.29, 0.717) is 0 Å². The van der Waals surface area contributed by atoms with Gasteiger partial charge < -0.3 is 19.6 Å². The van der Waals surface area contributed by atoms with Crippen LogP contribution in [0.3, 0.4) is 0 Å². The highest BCUT2D eigenvalue weighted by Gasteiger charge is 2.36. The fourth-order valence-electron chi connectivity index (χ4n) is 4.12. The van der Waals surface area contributed by atoms with E-state index >= 15 is 0 Å². The average molecular weight is 325 g/mol. The fourth-order valence-corrected chi connectivity index (χ4v) is 4.12. The number of β-amino-alcohol motifs (C(OH)–C–C–N with tert-alkyl or cyclic N) is 1. The highest BCUT2D eigenvalue weighted by atomic mass is 16.5. The van der Waals surface area contributed by atoms with Crippen molar-refractivity contribution in [2.45, 2.75) is 44.3 Å². The number of rotatable bonds is 4. The predicted octanol–water partition coefficient (Wildman–Crippen LogP) is 0.156. The van der Waals surface area contributed by atoms with Crippen molar-refractivity contribution < 1.29 is 14.6 Å². The summed E-state index contributed by atoms with van der Waals surface area (Å²) in [6, 6.07) is 0. The van der Waals surface area contributed by atoms with Gasteiger partial charge >= 0.3 is 0 Å². The number of piperazine rings is 1. The molecule has 3 saturated heterocycles. The number of nitrogens with zero attached hydrogens (tertiary/aromatic N) is 3. The zero-order chi connectivity index (χ0) is 16.3. The Morgan fingerprint density at radius 3 is 2.61 bits per heavy atom. The molecule has 0 aromatic rings. The lowest BCUT2D eigenvalue weighted by Gasteiger charge is -2.44. The molecule has 6 heteroatoms. The molecule has 3 heterocycles. The summed E-state index contributed by atoms with van der Waals surface area (Å²) in [6.45, 7) is 9.70. The lowest BCUT2D eigenvalue weighted by Crippen LogP contribution is -2.58. The maximum atomic E-state index is 12.4. The first kappa shape index (κ1) is 17.1. The molecule has 0 bridgehead atoms. The number of likely N-dealkylation sites (tertiary alicyclic amines) is 1. The topological polar surface area (TPSA) is 56.2 Å². The van der Waals surface area contributed by atoms with E-state index in [9.17, 15) is 9.90 Å². The van der Waals surface area contributed by atoms with Gasteiger partial charge in [0.15, 0.2) is 0 Å². The van der Waals surface area contributed by atoms with Crippen molar-refractivity contribution in [2.24, 2.45) is 0 Å². The molecule has 0 aromatic carbocycles. The summed E-state index contributed by atoms with van der Waals surface area (Å²) in [6.07, 6.45) is 3.62. The van der Waals surface area contributed by atoms with Crippen LogP contribution in [0.2, 0.25) is 0 Å². The highest BCUT2D eigenvalue weighted by Crippen LogP contribution is 2.23. The van der Waals surface area contributed by atoms with Crippen LogP contribution in [-0.4, -0.2) is 96.4 Å². The molecule has 2 atom stereocenters. The summed E-state index contributed by atoms with van der Waals surface area (Å²) in [5.74, 6) is 0.163. The van der Waals surface area contributed by atoms with Crippen molar-refractivity contribution in [3.8, 4) is 0 Å². The quantitative estimate of drug-likeness (QED) is 0.798. The minimum absolute atomic E-state index is 0.163. The summed E-state index contributed by atoms with van der Waals surface area (Å²) >= 11 is 0. The molecular weight excluding hydrogens is 294 g/mol. The molecule has 0 spiro atoms. The monoisotopic (exact) mass is 325 g/mol. The van der Waals surface area contributed by atoms with E-state index in [-0.39, 0.29) is 12.0 Å². The fraction of sp³-hybridized carbons (Fsp3) is 0.941. The van der Waals surface area contributed by atoms with Crippen molar-refractivity contribution in [1.82, 2.24) is 14.7 Å². The molecule has 3 aliphatic heterocycles. The normalized spacial score (nSPS) is 34.0. The van der Waals surface area contributed by atoms with Crippen molar-refractivity contribution in [3.05, 3.63) is 0 Å². The van der Waals surface area contributed by atoms with E-state index in [2.05, 4.69) is 16.7 Å². The van der Waals surface area contributed by atoms with Crippen LogP contribution in [0.25, 0.3) is 0 Å². The van der Waals surface area contributed by atoms with Gasteiger partial charge in [0.05, 0.1) is 5.60 Å². The molecule has 3 rings (SSSR count). The SMILES string of the molecule is CCN1CCC[C@@](O)(CN2CCN(C(=O)[C@H]3CCCO3)CC2)C1. The third-order valence-corrected chi connectivity index (χ3v) is 5.49. The molecule has 0 unspecified atom stereocenters. The molecule has 3 aliphatic rings. The van der Waals surface area contributed by atoms with Crippen LogP contribution in [0.4, 0.5) is 0 Å². The van der Waals surface area contributed by atoms with E-state index in [1.807, 2.05) is 4.90 Å². The Labute approximate surface area is 139 Å². The molecule has 6 nitrogen and oxygen atoms in total. The number of carbonyl (C=O) groups excluding carboxylic acids is 1. The lowest BCUT2D eigenvalue weighted by atomic mass is 9.92.